The molecule has 0 radical (unpaired) electrons. The van der Waals surface area contributed by atoms with Crippen LogP contribution >= 0.6 is 0 Å². The van der Waals surface area contributed by atoms with Crippen LogP contribution in [-0.4, -0.2) is 46.5 Å². The second kappa shape index (κ2) is 5.68. The zero-order valence-electron chi connectivity index (χ0n) is 12.0. The van der Waals surface area contributed by atoms with Gasteiger partial charge in [-0.3, -0.25) is 14.8 Å². The third kappa shape index (κ3) is 3.31. The lowest BCUT2D eigenvalue weighted by atomic mass is 9.94. The lowest BCUT2D eigenvalue weighted by Gasteiger charge is -2.49. The van der Waals surface area contributed by atoms with E-state index >= 15 is 0 Å². The highest BCUT2D eigenvalue weighted by molar-refractivity contribution is 5.10. The van der Waals surface area contributed by atoms with Gasteiger partial charge in [0.1, 0.15) is 0 Å². The third-order valence-electron chi connectivity index (χ3n) is 3.97. The number of piperazine rings is 1. The lowest BCUT2D eigenvalue weighted by molar-refractivity contribution is -0.00902. The Morgan fingerprint density at radius 2 is 2.32 bits per heavy atom. The summed E-state index contributed by atoms with van der Waals surface area (Å²) in [6.45, 7) is 7.35. The van der Waals surface area contributed by atoms with E-state index in [0.29, 0.717) is 12.5 Å². The predicted molar refractivity (Wildman–Crippen MR) is 75.4 cm³/mol. The molecule has 102 valence electrons. The second-order valence-corrected chi connectivity index (χ2v) is 5.99. The minimum Gasteiger partial charge on any atom is -0.299 e. The number of likely N-dealkylation sites (N-methyl/N-ethyl adjacent to an activating group) is 1. The molecule has 1 unspecified atom stereocenters. The number of hydrogen-bond acceptors (Lipinski definition) is 4. The molecule has 19 heavy (non-hydrogen) atoms. The highest BCUT2D eigenvalue weighted by Gasteiger charge is 2.36. The number of hydrogen-bond donors (Lipinski definition) is 0. The number of nitriles is 1. The van der Waals surface area contributed by atoms with Crippen molar-refractivity contribution < 1.29 is 0 Å². The molecule has 1 aromatic heterocycles. The first-order valence-corrected chi connectivity index (χ1v) is 6.74. The van der Waals surface area contributed by atoms with Gasteiger partial charge in [-0.2, -0.15) is 5.26 Å². The molecule has 0 spiro atoms. The Bertz CT molecular complexity index is 449. The molecular weight excluding hydrogens is 236 g/mol. The molecule has 1 saturated heterocycles. The van der Waals surface area contributed by atoms with Gasteiger partial charge in [0.05, 0.1) is 12.5 Å². The van der Waals surface area contributed by atoms with E-state index in [1.165, 1.54) is 5.56 Å². The fraction of sp³-hybridized carbons (Fsp3) is 0.600. The van der Waals surface area contributed by atoms with E-state index in [1.807, 2.05) is 12.3 Å². The summed E-state index contributed by atoms with van der Waals surface area (Å²) in [4.78, 5) is 8.95. The van der Waals surface area contributed by atoms with Gasteiger partial charge < -0.3 is 0 Å². The van der Waals surface area contributed by atoms with E-state index < -0.39 is 0 Å². The van der Waals surface area contributed by atoms with Crippen molar-refractivity contribution >= 4 is 0 Å². The van der Waals surface area contributed by atoms with Crippen molar-refractivity contribution in [3.8, 4) is 6.07 Å². The summed E-state index contributed by atoms with van der Waals surface area (Å²) in [7, 11) is 2.12. The molecule has 2 heterocycles. The second-order valence-electron chi connectivity index (χ2n) is 5.99. The van der Waals surface area contributed by atoms with Gasteiger partial charge in [-0.1, -0.05) is 6.07 Å². The molecule has 1 atom stereocenters. The quantitative estimate of drug-likeness (QED) is 0.830. The molecule has 1 aliphatic rings. The lowest BCUT2D eigenvalue weighted by Crippen LogP contribution is -2.61. The molecule has 0 N–H and O–H groups in total. The first-order chi connectivity index (χ1) is 9.03. The SMILES string of the molecule is CN1CC(C)(C)N(Cc2cccnc2)CC1CC#N. The van der Waals surface area contributed by atoms with Crippen LogP contribution < -0.4 is 0 Å². The summed E-state index contributed by atoms with van der Waals surface area (Å²) in [5, 5.41) is 8.94. The van der Waals surface area contributed by atoms with Crippen molar-refractivity contribution in [2.75, 3.05) is 20.1 Å². The van der Waals surface area contributed by atoms with Crippen LogP contribution in [0.15, 0.2) is 24.5 Å². The maximum atomic E-state index is 8.94. The van der Waals surface area contributed by atoms with E-state index in [0.717, 1.165) is 19.6 Å². The Labute approximate surface area is 115 Å². The Morgan fingerprint density at radius 3 is 2.95 bits per heavy atom. The summed E-state index contributed by atoms with van der Waals surface area (Å²) in [6.07, 6.45) is 4.32. The van der Waals surface area contributed by atoms with Gasteiger partial charge in [0.15, 0.2) is 0 Å². The zero-order valence-corrected chi connectivity index (χ0v) is 12.0. The van der Waals surface area contributed by atoms with Crippen LogP contribution in [0.3, 0.4) is 0 Å². The van der Waals surface area contributed by atoms with Gasteiger partial charge in [-0.25, -0.2) is 0 Å². The summed E-state index contributed by atoms with van der Waals surface area (Å²) in [5.41, 5.74) is 1.35. The molecule has 4 heteroatoms. The first-order valence-electron chi connectivity index (χ1n) is 6.74. The molecule has 0 amide bonds. The molecular formula is C15H22N4. The highest BCUT2D eigenvalue weighted by atomic mass is 15.3. The Morgan fingerprint density at radius 1 is 1.53 bits per heavy atom. The van der Waals surface area contributed by atoms with Gasteiger partial charge in [0.2, 0.25) is 0 Å². The van der Waals surface area contributed by atoms with Crippen LogP contribution in [0.1, 0.15) is 25.8 Å². The molecule has 2 rings (SSSR count). The topological polar surface area (TPSA) is 43.2 Å². The third-order valence-corrected chi connectivity index (χ3v) is 3.97. The van der Waals surface area contributed by atoms with Gasteiger partial charge in [0, 0.05) is 43.6 Å². The van der Waals surface area contributed by atoms with E-state index in [4.69, 9.17) is 5.26 Å². The predicted octanol–water partition coefficient (Wildman–Crippen LogP) is 1.89. The molecule has 0 saturated carbocycles. The average Bonchev–Trinajstić information content (AvgIpc) is 2.36. The Kier molecular flexibility index (Phi) is 4.18. The number of pyridine rings is 1. The Hall–Kier alpha value is -1.44. The van der Waals surface area contributed by atoms with Crippen molar-refractivity contribution in [3.63, 3.8) is 0 Å². The maximum Gasteiger partial charge on any atom is 0.0638 e. The first kappa shape index (κ1) is 14.0. The van der Waals surface area contributed by atoms with Crippen LogP contribution in [0.4, 0.5) is 0 Å². The van der Waals surface area contributed by atoms with Gasteiger partial charge in [0.25, 0.3) is 0 Å². The smallest absolute Gasteiger partial charge is 0.0638 e. The molecule has 0 aliphatic carbocycles. The van der Waals surface area contributed by atoms with E-state index in [2.05, 4.69) is 47.8 Å². The minimum absolute atomic E-state index is 0.122. The molecule has 0 aromatic carbocycles. The summed E-state index contributed by atoms with van der Waals surface area (Å²) >= 11 is 0. The normalized spacial score (nSPS) is 24.0. The molecule has 1 aromatic rings. The zero-order chi connectivity index (χ0) is 13.9. The minimum atomic E-state index is 0.122. The standard InChI is InChI=1S/C15H22N4/c1-15(2)12-18(3)14(6-7-16)11-19(15)10-13-5-4-8-17-9-13/h4-5,8-9,14H,6,10-12H2,1-3H3. The summed E-state index contributed by atoms with van der Waals surface area (Å²) < 4.78 is 0. The largest absolute Gasteiger partial charge is 0.299 e. The molecule has 1 aliphatic heterocycles. The van der Waals surface area contributed by atoms with Crippen LogP contribution in [0.5, 0.6) is 0 Å². The molecule has 1 fully saturated rings. The Balaban J connectivity index is 2.11. The fourth-order valence-corrected chi connectivity index (χ4v) is 2.80. The van der Waals surface area contributed by atoms with Crippen LogP contribution in [0.2, 0.25) is 0 Å². The molecule has 4 nitrogen and oxygen atoms in total. The van der Waals surface area contributed by atoms with E-state index in [9.17, 15) is 0 Å². The van der Waals surface area contributed by atoms with Gasteiger partial charge in [-0.05, 0) is 32.5 Å². The number of rotatable bonds is 3. The number of nitrogens with zero attached hydrogens (tertiary/aromatic N) is 4. The van der Waals surface area contributed by atoms with Crippen LogP contribution in [-0.2, 0) is 6.54 Å². The van der Waals surface area contributed by atoms with Crippen LogP contribution in [0.25, 0.3) is 0 Å². The van der Waals surface area contributed by atoms with E-state index in [-0.39, 0.29) is 5.54 Å². The average molecular weight is 258 g/mol. The van der Waals surface area contributed by atoms with Gasteiger partial charge in [-0.15, -0.1) is 0 Å². The summed E-state index contributed by atoms with van der Waals surface area (Å²) in [6, 6.07) is 6.72. The van der Waals surface area contributed by atoms with Crippen molar-refractivity contribution in [3.05, 3.63) is 30.1 Å². The van der Waals surface area contributed by atoms with Crippen LogP contribution in [0, 0.1) is 11.3 Å². The highest BCUT2D eigenvalue weighted by Crippen LogP contribution is 2.26. The number of aromatic nitrogens is 1. The van der Waals surface area contributed by atoms with Crippen molar-refractivity contribution in [1.82, 2.24) is 14.8 Å². The van der Waals surface area contributed by atoms with Crippen molar-refractivity contribution in [2.45, 2.75) is 38.4 Å². The van der Waals surface area contributed by atoms with Gasteiger partial charge >= 0.3 is 0 Å². The van der Waals surface area contributed by atoms with Crippen molar-refractivity contribution in [1.29, 1.82) is 5.26 Å². The fourth-order valence-electron chi connectivity index (χ4n) is 2.80. The van der Waals surface area contributed by atoms with Crippen molar-refractivity contribution in [2.24, 2.45) is 0 Å². The maximum absolute atomic E-state index is 8.94. The molecule has 0 bridgehead atoms. The monoisotopic (exact) mass is 258 g/mol. The van der Waals surface area contributed by atoms with E-state index in [1.54, 1.807) is 6.20 Å². The summed E-state index contributed by atoms with van der Waals surface area (Å²) in [5.74, 6) is 0.